The van der Waals surface area contributed by atoms with Crippen molar-refractivity contribution in [3.63, 3.8) is 0 Å². The predicted molar refractivity (Wildman–Crippen MR) is 101 cm³/mol. The molecule has 26 heavy (non-hydrogen) atoms. The van der Waals surface area contributed by atoms with Gasteiger partial charge in [-0.1, -0.05) is 51.7 Å². The molecule has 0 spiro atoms. The number of benzene rings is 1. The lowest BCUT2D eigenvalue weighted by atomic mass is 9.64. The van der Waals surface area contributed by atoms with Crippen LogP contribution in [0.1, 0.15) is 74.7 Å². The summed E-state index contributed by atoms with van der Waals surface area (Å²) in [5, 5.41) is 10.2. The zero-order chi connectivity index (χ0) is 18.9. The summed E-state index contributed by atoms with van der Waals surface area (Å²) in [6.45, 7) is 4.36. The average molecular weight is 360 g/mol. The zero-order valence-electron chi connectivity index (χ0n) is 15.8. The first kappa shape index (κ1) is 20.5. The number of unbranched alkanes of at least 4 members (excludes halogenated alkanes) is 4. The van der Waals surface area contributed by atoms with Crippen LogP contribution in [-0.4, -0.2) is 30.5 Å². The molecule has 0 unspecified atom stereocenters. The van der Waals surface area contributed by atoms with Crippen molar-refractivity contribution in [1.82, 2.24) is 0 Å². The van der Waals surface area contributed by atoms with Gasteiger partial charge < -0.3 is 14.4 Å². The second-order valence-electron chi connectivity index (χ2n) is 6.91. The maximum absolute atomic E-state index is 12.4. The van der Waals surface area contributed by atoms with Gasteiger partial charge in [-0.3, -0.25) is 4.79 Å². The molecule has 1 aromatic rings. The van der Waals surface area contributed by atoms with Crippen LogP contribution in [0.3, 0.4) is 0 Å². The Morgan fingerprint density at radius 3 is 2.73 bits per heavy atom. The number of Topliss-reactive ketones (excluding diaryl/α,β-unsaturated/α-hetero) is 1. The number of carbonyl (C=O) groups excluding carboxylic acids is 2. The topological polar surface area (TPSA) is 72.8 Å². The maximum Gasteiger partial charge on any atom is 0.526 e. The van der Waals surface area contributed by atoms with Gasteiger partial charge in [-0.2, -0.15) is 0 Å². The van der Waals surface area contributed by atoms with Crippen molar-refractivity contribution in [3.05, 3.63) is 29.3 Å². The van der Waals surface area contributed by atoms with Crippen molar-refractivity contribution in [3.8, 4) is 5.75 Å². The number of esters is 1. The Labute approximate surface area is 156 Å². The van der Waals surface area contributed by atoms with Crippen LogP contribution in [0.4, 0.5) is 0 Å². The molecular formula is C20H29BO5. The molecule has 1 heterocycles. The Bertz CT molecular complexity index is 616. The van der Waals surface area contributed by atoms with Crippen LogP contribution in [0.5, 0.6) is 5.75 Å². The van der Waals surface area contributed by atoms with E-state index in [0.29, 0.717) is 30.8 Å². The van der Waals surface area contributed by atoms with E-state index < -0.39 is 13.1 Å². The Hall–Kier alpha value is -1.82. The summed E-state index contributed by atoms with van der Waals surface area (Å²) in [6, 6.07) is 5.31. The molecule has 0 saturated heterocycles. The standard InChI is InChI=1S/C20H29BO5/c1-3-5-6-7-8-12-25-20(23)18-11-9-10-15-13-16(14-17(22)4-2)21(24)26-19(15)18/h9-11,16,24H,3-8,12-14H2,1-2H3/t16-/m1/s1. The van der Waals surface area contributed by atoms with Gasteiger partial charge in [0.2, 0.25) is 0 Å². The van der Waals surface area contributed by atoms with E-state index in [-0.39, 0.29) is 18.0 Å². The van der Waals surface area contributed by atoms with E-state index >= 15 is 0 Å². The van der Waals surface area contributed by atoms with Gasteiger partial charge in [0, 0.05) is 18.7 Å². The van der Waals surface area contributed by atoms with E-state index in [1.807, 2.05) is 13.0 Å². The number of ether oxygens (including phenoxy) is 1. The third kappa shape index (κ3) is 5.59. The van der Waals surface area contributed by atoms with Crippen molar-refractivity contribution >= 4 is 18.9 Å². The first-order valence-electron chi connectivity index (χ1n) is 9.72. The number of hydrogen-bond donors (Lipinski definition) is 1. The SMILES string of the molecule is CCCCCCCOC(=O)c1cccc2c1OB(O)[C@@H](CC(=O)CC)C2. The molecule has 2 rings (SSSR count). The van der Waals surface area contributed by atoms with E-state index in [4.69, 9.17) is 9.39 Å². The van der Waals surface area contributed by atoms with Crippen LogP contribution in [0.2, 0.25) is 5.82 Å². The summed E-state index contributed by atoms with van der Waals surface area (Å²) in [5.74, 6) is -0.219. The van der Waals surface area contributed by atoms with Crippen molar-refractivity contribution in [1.29, 1.82) is 0 Å². The number of para-hydroxylation sites is 1. The number of fused-ring (bicyclic) bond motifs is 1. The van der Waals surface area contributed by atoms with Gasteiger partial charge in [0.1, 0.15) is 17.1 Å². The number of ketones is 1. The lowest BCUT2D eigenvalue weighted by Crippen LogP contribution is -2.35. The molecule has 0 saturated carbocycles. The van der Waals surface area contributed by atoms with Crippen molar-refractivity contribution in [2.24, 2.45) is 0 Å². The Morgan fingerprint density at radius 1 is 1.23 bits per heavy atom. The van der Waals surface area contributed by atoms with Crippen LogP contribution < -0.4 is 4.65 Å². The Morgan fingerprint density at radius 2 is 2.00 bits per heavy atom. The summed E-state index contributed by atoms with van der Waals surface area (Å²) in [5.41, 5.74) is 1.18. The van der Waals surface area contributed by atoms with Crippen LogP contribution >= 0.6 is 0 Å². The lowest BCUT2D eigenvalue weighted by molar-refractivity contribution is -0.118. The van der Waals surface area contributed by atoms with E-state index in [2.05, 4.69) is 6.92 Å². The zero-order valence-corrected chi connectivity index (χ0v) is 15.8. The maximum atomic E-state index is 12.4. The van der Waals surface area contributed by atoms with Crippen molar-refractivity contribution in [2.75, 3.05) is 6.61 Å². The fourth-order valence-electron chi connectivity index (χ4n) is 3.20. The minimum absolute atomic E-state index is 0.0970. The molecule has 0 radical (unpaired) electrons. The fraction of sp³-hybridized carbons (Fsp3) is 0.600. The van der Waals surface area contributed by atoms with Gasteiger partial charge in [0.15, 0.2) is 0 Å². The van der Waals surface area contributed by atoms with Gasteiger partial charge in [-0.25, -0.2) is 4.79 Å². The Kier molecular flexibility index (Phi) is 8.17. The average Bonchev–Trinajstić information content (AvgIpc) is 2.64. The van der Waals surface area contributed by atoms with Crippen molar-refractivity contribution in [2.45, 2.75) is 71.0 Å². The number of carbonyl (C=O) groups is 2. The molecule has 142 valence electrons. The smallest absolute Gasteiger partial charge is 0.526 e. The van der Waals surface area contributed by atoms with E-state index in [1.54, 1.807) is 12.1 Å². The first-order valence-corrected chi connectivity index (χ1v) is 9.72. The van der Waals surface area contributed by atoms with Gasteiger partial charge in [0.05, 0.1) is 6.61 Å². The molecule has 5 nitrogen and oxygen atoms in total. The Balaban J connectivity index is 1.97. The van der Waals surface area contributed by atoms with Crippen molar-refractivity contribution < 1.29 is 24.0 Å². The summed E-state index contributed by atoms with van der Waals surface area (Å²) < 4.78 is 11.0. The normalized spacial score (nSPS) is 16.0. The number of rotatable bonds is 10. The monoisotopic (exact) mass is 360 g/mol. The molecule has 0 aliphatic carbocycles. The van der Waals surface area contributed by atoms with E-state index in [0.717, 1.165) is 24.8 Å². The van der Waals surface area contributed by atoms with Gasteiger partial charge in [-0.05, 0) is 24.5 Å². The highest BCUT2D eigenvalue weighted by Gasteiger charge is 2.37. The third-order valence-corrected chi connectivity index (χ3v) is 4.81. The molecule has 1 atom stereocenters. The summed E-state index contributed by atoms with van der Waals surface area (Å²) >= 11 is 0. The van der Waals surface area contributed by atoms with E-state index in [9.17, 15) is 14.6 Å². The van der Waals surface area contributed by atoms with Crippen LogP contribution in [0, 0.1) is 0 Å². The summed E-state index contributed by atoms with van der Waals surface area (Å²) in [7, 11) is -1.08. The molecule has 1 aliphatic heterocycles. The van der Waals surface area contributed by atoms with Gasteiger partial charge in [0.25, 0.3) is 0 Å². The molecule has 1 aliphatic rings. The molecule has 1 aromatic carbocycles. The minimum atomic E-state index is -1.08. The molecule has 0 amide bonds. The minimum Gasteiger partial charge on any atom is -0.535 e. The van der Waals surface area contributed by atoms with Gasteiger partial charge in [-0.15, -0.1) is 0 Å². The lowest BCUT2D eigenvalue weighted by Gasteiger charge is -2.28. The second-order valence-corrected chi connectivity index (χ2v) is 6.91. The second kappa shape index (κ2) is 10.4. The van der Waals surface area contributed by atoms with Gasteiger partial charge >= 0.3 is 13.1 Å². The van der Waals surface area contributed by atoms with Crippen LogP contribution in [0.15, 0.2) is 18.2 Å². The highest BCUT2D eigenvalue weighted by Crippen LogP contribution is 2.36. The molecule has 0 aromatic heterocycles. The van der Waals surface area contributed by atoms with E-state index in [1.165, 1.54) is 12.8 Å². The third-order valence-electron chi connectivity index (χ3n) is 4.81. The largest absolute Gasteiger partial charge is 0.535 e. The number of hydrogen-bond acceptors (Lipinski definition) is 5. The molecule has 0 bridgehead atoms. The fourth-order valence-corrected chi connectivity index (χ4v) is 3.20. The van der Waals surface area contributed by atoms with Crippen LogP contribution in [0.25, 0.3) is 0 Å². The highest BCUT2D eigenvalue weighted by molar-refractivity contribution is 6.47. The quantitative estimate of drug-likeness (QED) is 0.388. The molecule has 0 fully saturated rings. The molecule has 1 N–H and O–H groups in total. The molecular weight excluding hydrogens is 331 g/mol. The highest BCUT2D eigenvalue weighted by atomic mass is 16.5. The summed E-state index contributed by atoms with van der Waals surface area (Å²) in [4.78, 5) is 24.1. The van der Waals surface area contributed by atoms with Crippen LogP contribution in [-0.2, 0) is 16.0 Å². The first-order chi connectivity index (χ1) is 12.6. The molecule has 6 heteroatoms. The predicted octanol–water partition coefficient (Wildman–Crippen LogP) is 3.97. The summed E-state index contributed by atoms with van der Waals surface area (Å²) in [6.07, 6.45) is 6.68.